The molecular formula is C17H18FNO. The maximum Gasteiger partial charge on any atom is 0.123 e. The Balaban J connectivity index is 1.83. The van der Waals surface area contributed by atoms with Crippen LogP contribution in [0.3, 0.4) is 0 Å². The number of hydrogen-bond acceptors (Lipinski definition) is 2. The Kier molecular flexibility index (Phi) is 3.59. The Hall–Kier alpha value is -2.03. The number of halogens is 1. The minimum Gasteiger partial charge on any atom is -0.494 e. The number of rotatable bonds is 3. The lowest BCUT2D eigenvalue weighted by molar-refractivity contribution is 0.340. The molecule has 2 nitrogen and oxygen atoms in total. The van der Waals surface area contributed by atoms with E-state index in [1.807, 2.05) is 25.1 Å². The molecule has 3 heteroatoms. The minimum absolute atomic E-state index is 0.184. The summed E-state index contributed by atoms with van der Waals surface area (Å²) < 4.78 is 18.5. The minimum atomic E-state index is -0.184. The molecule has 0 radical (unpaired) electrons. The van der Waals surface area contributed by atoms with Crippen LogP contribution in [0.25, 0.3) is 0 Å². The molecule has 1 heterocycles. The SMILES string of the molecule is CCOc1ccc2c(c1)CC(c1ccc(F)cc1)CN2. The molecule has 0 fully saturated rings. The zero-order chi connectivity index (χ0) is 13.9. The Labute approximate surface area is 118 Å². The van der Waals surface area contributed by atoms with E-state index in [0.717, 1.165) is 18.7 Å². The molecule has 0 amide bonds. The second-order valence-electron chi connectivity index (χ2n) is 5.09. The molecule has 0 bridgehead atoms. The van der Waals surface area contributed by atoms with E-state index < -0.39 is 0 Å². The third-order valence-electron chi connectivity index (χ3n) is 3.73. The van der Waals surface area contributed by atoms with Gasteiger partial charge in [0.25, 0.3) is 0 Å². The summed E-state index contributed by atoms with van der Waals surface area (Å²) in [7, 11) is 0. The number of anilines is 1. The first-order valence-electron chi connectivity index (χ1n) is 7.01. The van der Waals surface area contributed by atoms with E-state index >= 15 is 0 Å². The highest BCUT2D eigenvalue weighted by molar-refractivity contribution is 5.57. The van der Waals surface area contributed by atoms with Crippen molar-refractivity contribution in [1.29, 1.82) is 0 Å². The van der Waals surface area contributed by atoms with Gasteiger partial charge in [-0.15, -0.1) is 0 Å². The van der Waals surface area contributed by atoms with Gasteiger partial charge in [-0.25, -0.2) is 4.39 Å². The number of benzene rings is 2. The van der Waals surface area contributed by atoms with Crippen LogP contribution in [-0.2, 0) is 6.42 Å². The summed E-state index contributed by atoms with van der Waals surface area (Å²) >= 11 is 0. The first kappa shape index (κ1) is 13.0. The Morgan fingerprint density at radius 1 is 1.20 bits per heavy atom. The predicted octanol–water partition coefficient (Wildman–Crippen LogP) is 3.98. The van der Waals surface area contributed by atoms with Crippen LogP contribution in [0.1, 0.15) is 24.0 Å². The van der Waals surface area contributed by atoms with Gasteiger partial charge in [-0.1, -0.05) is 12.1 Å². The maximum absolute atomic E-state index is 13.0. The summed E-state index contributed by atoms with van der Waals surface area (Å²) in [4.78, 5) is 0. The van der Waals surface area contributed by atoms with Crippen molar-refractivity contribution >= 4 is 5.69 Å². The first-order chi connectivity index (χ1) is 9.76. The van der Waals surface area contributed by atoms with Gasteiger partial charge < -0.3 is 10.1 Å². The maximum atomic E-state index is 13.0. The van der Waals surface area contributed by atoms with Crippen molar-refractivity contribution < 1.29 is 9.13 Å². The van der Waals surface area contributed by atoms with Crippen LogP contribution in [0.15, 0.2) is 42.5 Å². The third-order valence-corrected chi connectivity index (χ3v) is 3.73. The molecule has 2 aromatic carbocycles. The van der Waals surface area contributed by atoms with Crippen molar-refractivity contribution in [2.24, 2.45) is 0 Å². The molecule has 1 unspecified atom stereocenters. The van der Waals surface area contributed by atoms with Crippen LogP contribution in [0.5, 0.6) is 5.75 Å². The van der Waals surface area contributed by atoms with Gasteiger partial charge in [0.1, 0.15) is 11.6 Å². The number of nitrogens with one attached hydrogen (secondary N) is 1. The predicted molar refractivity (Wildman–Crippen MR) is 78.9 cm³/mol. The molecule has 0 saturated heterocycles. The summed E-state index contributed by atoms with van der Waals surface area (Å²) in [5, 5.41) is 3.45. The van der Waals surface area contributed by atoms with E-state index in [9.17, 15) is 4.39 Å². The second kappa shape index (κ2) is 5.53. The highest BCUT2D eigenvalue weighted by atomic mass is 19.1. The number of ether oxygens (including phenoxy) is 1. The summed E-state index contributed by atoms with van der Waals surface area (Å²) in [5.74, 6) is 1.10. The van der Waals surface area contributed by atoms with Gasteiger partial charge in [0.2, 0.25) is 0 Å². The van der Waals surface area contributed by atoms with E-state index in [0.29, 0.717) is 12.5 Å². The normalized spacial score (nSPS) is 17.2. The van der Waals surface area contributed by atoms with Crippen LogP contribution in [0.2, 0.25) is 0 Å². The van der Waals surface area contributed by atoms with E-state index in [2.05, 4.69) is 17.4 Å². The largest absolute Gasteiger partial charge is 0.494 e. The summed E-state index contributed by atoms with van der Waals surface area (Å²) in [6, 6.07) is 13.0. The van der Waals surface area contributed by atoms with Crippen molar-refractivity contribution in [3.63, 3.8) is 0 Å². The molecule has 0 aromatic heterocycles. The quantitative estimate of drug-likeness (QED) is 0.911. The van der Waals surface area contributed by atoms with Crippen molar-refractivity contribution in [3.05, 3.63) is 59.4 Å². The summed E-state index contributed by atoms with van der Waals surface area (Å²) in [6.07, 6.45) is 0.953. The lowest BCUT2D eigenvalue weighted by atomic mass is 9.88. The molecule has 0 aliphatic carbocycles. The van der Waals surface area contributed by atoms with Crippen LogP contribution < -0.4 is 10.1 Å². The monoisotopic (exact) mass is 271 g/mol. The summed E-state index contributed by atoms with van der Waals surface area (Å²) in [6.45, 7) is 3.54. The third kappa shape index (κ3) is 2.62. The highest BCUT2D eigenvalue weighted by Crippen LogP contribution is 2.32. The Morgan fingerprint density at radius 2 is 2.00 bits per heavy atom. The van der Waals surface area contributed by atoms with E-state index in [4.69, 9.17) is 4.74 Å². The Morgan fingerprint density at radius 3 is 2.75 bits per heavy atom. The molecule has 1 aliphatic rings. The van der Waals surface area contributed by atoms with Gasteiger partial charge in [0.05, 0.1) is 6.61 Å². The molecule has 20 heavy (non-hydrogen) atoms. The molecule has 1 atom stereocenters. The molecule has 0 saturated carbocycles. The first-order valence-corrected chi connectivity index (χ1v) is 7.01. The van der Waals surface area contributed by atoms with Gasteiger partial charge in [0.15, 0.2) is 0 Å². The van der Waals surface area contributed by atoms with Gasteiger partial charge in [-0.05, 0) is 54.8 Å². The van der Waals surface area contributed by atoms with Crippen LogP contribution in [-0.4, -0.2) is 13.2 Å². The average Bonchev–Trinajstić information content (AvgIpc) is 2.48. The zero-order valence-electron chi connectivity index (χ0n) is 11.5. The van der Waals surface area contributed by atoms with Gasteiger partial charge in [-0.2, -0.15) is 0 Å². The van der Waals surface area contributed by atoms with Crippen molar-refractivity contribution in [1.82, 2.24) is 0 Å². The second-order valence-corrected chi connectivity index (χ2v) is 5.09. The molecule has 0 spiro atoms. The number of hydrogen-bond donors (Lipinski definition) is 1. The van der Waals surface area contributed by atoms with Crippen LogP contribution in [0, 0.1) is 5.82 Å². The number of fused-ring (bicyclic) bond motifs is 1. The van der Waals surface area contributed by atoms with E-state index in [1.165, 1.54) is 28.9 Å². The lowest BCUT2D eigenvalue weighted by Gasteiger charge is -2.27. The van der Waals surface area contributed by atoms with Gasteiger partial charge in [0, 0.05) is 18.2 Å². The molecule has 1 N–H and O–H groups in total. The smallest absolute Gasteiger partial charge is 0.123 e. The molecular weight excluding hydrogens is 253 g/mol. The Bertz CT molecular complexity index is 594. The zero-order valence-corrected chi connectivity index (χ0v) is 11.5. The molecule has 1 aliphatic heterocycles. The molecule has 2 aromatic rings. The van der Waals surface area contributed by atoms with Crippen molar-refractivity contribution in [2.45, 2.75) is 19.3 Å². The van der Waals surface area contributed by atoms with Crippen molar-refractivity contribution in [2.75, 3.05) is 18.5 Å². The van der Waals surface area contributed by atoms with Crippen LogP contribution in [0.4, 0.5) is 10.1 Å². The lowest BCUT2D eigenvalue weighted by Crippen LogP contribution is -2.21. The molecule has 3 rings (SSSR count). The topological polar surface area (TPSA) is 21.3 Å². The van der Waals surface area contributed by atoms with Gasteiger partial charge in [-0.3, -0.25) is 0 Å². The average molecular weight is 271 g/mol. The van der Waals surface area contributed by atoms with Crippen LogP contribution >= 0.6 is 0 Å². The fraction of sp³-hybridized carbons (Fsp3) is 0.294. The van der Waals surface area contributed by atoms with E-state index in [1.54, 1.807) is 0 Å². The van der Waals surface area contributed by atoms with Crippen molar-refractivity contribution in [3.8, 4) is 5.75 Å². The van der Waals surface area contributed by atoms with E-state index in [-0.39, 0.29) is 5.82 Å². The fourth-order valence-electron chi connectivity index (χ4n) is 2.71. The standard InChI is InChI=1S/C17H18FNO/c1-2-20-16-7-8-17-13(10-16)9-14(11-19-17)12-3-5-15(18)6-4-12/h3-8,10,14,19H,2,9,11H2,1H3. The van der Waals surface area contributed by atoms with Gasteiger partial charge >= 0.3 is 0 Å². The molecule has 104 valence electrons. The summed E-state index contributed by atoms with van der Waals surface area (Å²) in [5.41, 5.74) is 3.61. The fourth-order valence-corrected chi connectivity index (χ4v) is 2.71. The highest BCUT2D eigenvalue weighted by Gasteiger charge is 2.20.